The van der Waals surface area contributed by atoms with Crippen LogP contribution in [0.2, 0.25) is 0 Å². The van der Waals surface area contributed by atoms with Crippen molar-refractivity contribution in [3.63, 3.8) is 0 Å². The minimum absolute atomic E-state index is 0.468. The second-order valence-electron chi connectivity index (χ2n) is 3.99. The van der Waals surface area contributed by atoms with Crippen molar-refractivity contribution in [2.24, 2.45) is 0 Å². The van der Waals surface area contributed by atoms with Gasteiger partial charge in [0, 0.05) is 31.2 Å². The fraction of sp³-hybridized carbons (Fsp3) is 0.333. The molecule has 0 spiro atoms. The van der Waals surface area contributed by atoms with Gasteiger partial charge in [0.05, 0.1) is 11.4 Å². The summed E-state index contributed by atoms with van der Waals surface area (Å²) < 4.78 is 1.83. The maximum absolute atomic E-state index is 4.32. The second-order valence-corrected chi connectivity index (χ2v) is 3.99. The Morgan fingerprint density at radius 3 is 2.94 bits per heavy atom. The molecule has 2 aromatic heterocycles. The van der Waals surface area contributed by atoms with Crippen LogP contribution in [0.15, 0.2) is 36.8 Å². The lowest BCUT2D eigenvalue weighted by molar-refractivity contribution is 0.581. The van der Waals surface area contributed by atoms with Gasteiger partial charge in [-0.15, -0.1) is 0 Å². The first-order valence-electron chi connectivity index (χ1n) is 5.44. The highest BCUT2D eigenvalue weighted by Gasteiger charge is 2.00. The van der Waals surface area contributed by atoms with Gasteiger partial charge < -0.3 is 5.32 Å². The molecule has 2 heterocycles. The maximum atomic E-state index is 4.32. The second kappa shape index (κ2) is 4.90. The number of nitrogens with one attached hydrogen (secondary N) is 1. The Morgan fingerprint density at radius 2 is 2.25 bits per heavy atom. The molecule has 0 saturated heterocycles. The lowest BCUT2D eigenvalue weighted by atomic mass is 10.3. The van der Waals surface area contributed by atoms with Crippen LogP contribution in [0.4, 0.5) is 0 Å². The number of rotatable bonds is 4. The van der Waals surface area contributed by atoms with Crippen molar-refractivity contribution in [2.75, 3.05) is 0 Å². The van der Waals surface area contributed by atoms with E-state index in [-0.39, 0.29) is 0 Å². The van der Waals surface area contributed by atoms with Crippen LogP contribution < -0.4 is 5.32 Å². The van der Waals surface area contributed by atoms with Crippen molar-refractivity contribution in [1.82, 2.24) is 20.1 Å². The Morgan fingerprint density at radius 1 is 1.38 bits per heavy atom. The van der Waals surface area contributed by atoms with Crippen molar-refractivity contribution < 1.29 is 0 Å². The summed E-state index contributed by atoms with van der Waals surface area (Å²) in [7, 11) is 0. The molecule has 2 rings (SSSR count). The van der Waals surface area contributed by atoms with E-state index >= 15 is 0 Å². The van der Waals surface area contributed by atoms with Crippen molar-refractivity contribution in [1.29, 1.82) is 0 Å². The third-order valence-electron chi connectivity index (χ3n) is 2.26. The number of pyridine rings is 1. The summed E-state index contributed by atoms with van der Waals surface area (Å²) in [4.78, 5) is 4.32. The SMILES string of the molecule is CC(C)NCc1cc(-n2cccn2)ccn1. The van der Waals surface area contributed by atoms with Gasteiger partial charge >= 0.3 is 0 Å². The Balaban J connectivity index is 2.14. The highest BCUT2D eigenvalue weighted by Crippen LogP contribution is 2.06. The summed E-state index contributed by atoms with van der Waals surface area (Å²) in [5.41, 5.74) is 2.07. The summed E-state index contributed by atoms with van der Waals surface area (Å²) in [5, 5.41) is 7.53. The molecule has 0 aliphatic carbocycles. The quantitative estimate of drug-likeness (QED) is 0.847. The first-order valence-corrected chi connectivity index (χ1v) is 5.44. The van der Waals surface area contributed by atoms with E-state index in [0.717, 1.165) is 17.9 Å². The van der Waals surface area contributed by atoms with Gasteiger partial charge in [-0.3, -0.25) is 4.98 Å². The lowest BCUT2D eigenvalue weighted by Gasteiger charge is -2.08. The molecule has 4 nitrogen and oxygen atoms in total. The summed E-state index contributed by atoms with van der Waals surface area (Å²) in [6.45, 7) is 5.03. The van der Waals surface area contributed by atoms with Crippen molar-refractivity contribution in [3.05, 3.63) is 42.5 Å². The largest absolute Gasteiger partial charge is 0.309 e. The van der Waals surface area contributed by atoms with Crippen LogP contribution in [0.3, 0.4) is 0 Å². The molecule has 0 saturated carbocycles. The fourth-order valence-corrected chi connectivity index (χ4v) is 1.43. The smallest absolute Gasteiger partial charge is 0.0679 e. The molecule has 84 valence electrons. The van der Waals surface area contributed by atoms with E-state index in [1.54, 1.807) is 6.20 Å². The molecule has 0 fully saturated rings. The normalized spacial score (nSPS) is 10.9. The van der Waals surface area contributed by atoms with Gasteiger partial charge in [0.25, 0.3) is 0 Å². The van der Waals surface area contributed by atoms with Gasteiger partial charge in [0.15, 0.2) is 0 Å². The standard InChI is InChI=1S/C12H16N4/c1-10(2)14-9-11-8-12(4-6-13-11)16-7-3-5-15-16/h3-8,10,14H,9H2,1-2H3. The minimum atomic E-state index is 0.468. The van der Waals surface area contributed by atoms with Crippen molar-refractivity contribution >= 4 is 0 Å². The van der Waals surface area contributed by atoms with Crippen molar-refractivity contribution in [2.45, 2.75) is 26.4 Å². The molecule has 0 atom stereocenters. The molecule has 0 aliphatic heterocycles. The molecule has 4 heteroatoms. The van der Waals surface area contributed by atoms with Gasteiger partial charge in [-0.05, 0) is 18.2 Å². The first-order chi connectivity index (χ1) is 7.75. The molecule has 0 unspecified atom stereocenters. The summed E-state index contributed by atoms with van der Waals surface area (Å²) in [6.07, 6.45) is 5.51. The third kappa shape index (κ3) is 2.67. The van der Waals surface area contributed by atoms with Gasteiger partial charge in [0.1, 0.15) is 0 Å². The molecule has 0 radical (unpaired) electrons. The average Bonchev–Trinajstić information content (AvgIpc) is 2.80. The molecule has 0 aromatic carbocycles. The van der Waals surface area contributed by atoms with E-state index in [0.29, 0.717) is 6.04 Å². The van der Waals surface area contributed by atoms with Crippen LogP contribution in [0.1, 0.15) is 19.5 Å². The molecule has 2 aromatic rings. The number of hydrogen-bond acceptors (Lipinski definition) is 3. The van der Waals surface area contributed by atoms with E-state index in [2.05, 4.69) is 29.2 Å². The van der Waals surface area contributed by atoms with E-state index in [4.69, 9.17) is 0 Å². The monoisotopic (exact) mass is 216 g/mol. The Kier molecular flexibility index (Phi) is 3.31. The van der Waals surface area contributed by atoms with Crippen LogP contribution >= 0.6 is 0 Å². The van der Waals surface area contributed by atoms with Gasteiger partial charge in [-0.25, -0.2) is 4.68 Å². The summed E-state index contributed by atoms with van der Waals surface area (Å²) in [6, 6.07) is 6.37. The molecular formula is C12H16N4. The molecule has 16 heavy (non-hydrogen) atoms. The zero-order chi connectivity index (χ0) is 11.4. The van der Waals surface area contributed by atoms with Gasteiger partial charge in [-0.1, -0.05) is 13.8 Å². The molecule has 0 bridgehead atoms. The Bertz CT molecular complexity index is 434. The maximum Gasteiger partial charge on any atom is 0.0679 e. The van der Waals surface area contributed by atoms with Crippen molar-refractivity contribution in [3.8, 4) is 5.69 Å². The highest BCUT2D eigenvalue weighted by atomic mass is 15.3. The number of aromatic nitrogens is 3. The highest BCUT2D eigenvalue weighted by molar-refractivity contribution is 5.30. The van der Waals surface area contributed by atoms with E-state index < -0.39 is 0 Å². The molecule has 1 N–H and O–H groups in total. The average molecular weight is 216 g/mol. The number of hydrogen-bond donors (Lipinski definition) is 1. The Hall–Kier alpha value is -1.68. The van der Waals surface area contributed by atoms with E-state index in [1.165, 1.54) is 0 Å². The Labute approximate surface area is 95.3 Å². The predicted octanol–water partition coefficient (Wildman–Crippen LogP) is 1.77. The lowest BCUT2D eigenvalue weighted by Crippen LogP contribution is -2.22. The number of nitrogens with zero attached hydrogens (tertiary/aromatic N) is 3. The summed E-state index contributed by atoms with van der Waals surface area (Å²) in [5.74, 6) is 0. The van der Waals surface area contributed by atoms with E-state index in [9.17, 15) is 0 Å². The van der Waals surface area contributed by atoms with Crippen LogP contribution in [0.25, 0.3) is 5.69 Å². The zero-order valence-electron chi connectivity index (χ0n) is 9.59. The van der Waals surface area contributed by atoms with Gasteiger partial charge in [0.2, 0.25) is 0 Å². The van der Waals surface area contributed by atoms with Crippen LogP contribution in [-0.4, -0.2) is 20.8 Å². The summed E-state index contributed by atoms with van der Waals surface area (Å²) >= 11 is 0. The minimum Gasteiger partial charge on any atom is -0.309 e. The molecule has 0 amide bonds. The third-order valence-corrected chi connectivity index (χ3v) is 2.26. The van der Waals surface area contributed by atoms with Crippen LogP contribution in [0.5, 0.6) is 0 Å². The first kappa shape index (κ1) is 10.8. The predicted molar refractivity (Wildman–Crippen MR) is 63.3 cm³/mol. The zero-order valence-corrected chi connectivity index (χ0v) is 9.59. The molecule has 0 aliphatic rings. The fourth-order valence-electron chi connectivity index (χ4n) is 1.43. The van der Waals surface area contributed by atoms with Gasteiger partial charge in [-0.2, -0.15) is 5.10 Å². The topological polar surface area (TPSA) is 42.7 Å². The van der Waals surface area contributed by atoms with Crippen LogP contribution in [-0.2, 0) is 6.54 Å². The van der Waals surface area contributed by atoms with Crippen LogP contribution in [0, 0.1) is 0 Å². The van der Waals surface area contributed by atoms with E-state index in [1.807, 2.05) is 35.3 Å². The molecular weight excluding hydrogens is 200 g/mol.